The van der Waals surface area contributed by atoms with Crippen LogP contribution in [-0.2, 0) is 0 Å². The van der Waals surface area contributed by atoms with Gasteiger partial charge < -0.3 is 9.84 Å². The highest BCUT2D eigenvalue weighted by molar-refractivity contribution is 8.29. The van der Waals surface area contributed by atoms with E-state index in [9.17, 15) is 5.11 Å². The Morgan fingerprint density at radius 1 is 1.31 bits per heavy atom. The predicted molar refractivity (Wildman–Crippen MR) is 99.3 cm³/mol. The van der Waals surface area contributed by atoms with E-state index in [4.69, 9.17) is 9.73 Å². The molecule has 1 aliphatic heterocycles. The molecule has 0 amide bonds. The number of thiol groups is 1. The summed E-state index contributed by atoms with van der Waals surface area (Å²) in [6, 6.07) is 7.57. The van der Waals surface area contributed by atoms with Gasteiger partial charge in [-0.15, -0.1) is 5.10 Å². The number of ether oxygens (including phenoxy) is 1. The van der Waals surface area contributed by atoms with Crippen molar-refractivity contribution >= 4 is 21.9 Å². The summed E-state index contributed by atoms with van der Waals surface area (Å²) in [6.45, 7) is 0. The molecule has 1 aliphatic carbocycles. The molecule has 3 heterocycles. The van der Waals surface area contributed by atoms with Crippen molar-refractivity contribution in [1.82, 2.24) is 24.0 Å². The summed E-state index contributed by atoms with van der Waals surface area (Å²) in [4.78, 5) is 8.87. The molecule has 2 aliphatic rings. The molecule has 1 N–H and O–H groups in total. The first kappa shape index (κ1) is 15.6. The lowest BCUT2D eigenvalue weighted by molar-refractivity contribution is 0.263. The van der Waals surface area contributed by atoms with Gasteiger partial charge in [0.2, 0.25) is 0 Å². The zero-order chi connectivity index (χ0) is 17.7. The van der Waals surface area contributed by atoms with Crippen LogP contribution < -0.4 is 4.74 Å². The van der Waals surface area contributed by atoms with Gasteiger partial charge in [0.1, 0.15) is 28.9 Å². The van der Waals surface area contributed by atoms with E-state index in [1.807, 2.05) is 28.2 Å². The van der Waals surface area contributed by atoms with E-state index in [-0.39, 0.29) is 0 Å². The maximum atomic E-state index is 11.1. The van der Waals surface area contributed by atoms with E-state index < -0.39 is 16.5 Å². The van der Waals surface area contributed by atoms with Gasteiger partial charge in [0.15, 0.2) is 5.82 Å². The summed E-state index contributed by atoms with van der Waals surface area (Å²) in [7, 11) is 1.62. The number of hydrogen-bond acceptors (Lipinski definition) is 6. The van der Waals surface area contributed by atoms with Crippen molar-refractivity contribution in [2.24, 2.45) is 10.9 Å². The predicted octanol–water partition coefficient (Wildman–Crippen LogP) is 2.38. The second kappa shape index (κ2) is 5.96. The van der Waals surface area contributed by atoms with E-state index in [0.29, 0.717) is 17.4 Å². The molecule has 9 heteroatoms. The van der Waals surface area contributed by atoms with E-state index in [2.05, 4.69) is 15.3 Å². The molecule has 0 spiro atoms. The molecule has 2 atom stereocenters. The van der Waals surface area contributed by atoms with Crippen LogP contribution in [0.2, 0.25) is 0 Å². The average Bonchev–Trinajstić information content (AvgIpc) is 3.09. The maximum absolute atomic E-state index is 11.1. The molecule has 134 valence electrons. The lowest BCUT2D eigenvalue weighted by Gasteiger charge is -2.24. The number of benzene rings is 1. The molecule has 0 bridgehead atoms. The van der Waals surface area contributed by atoms with Crippen molar-refractivity contribution in [3.8, 4) is 11.4 Å². The molecule has 8 nitrogen and oxygen atoms in total. The van der Waals surface area contributed by atoms with Crippen LogP contribution in [0.5, 0.6) is 5.75 Å². The lowest BCUT2D eigenvalue weighted by atomic mass is 10.3. The van der Waals surface area contributed by atoms with Crippen LogP contribution in [0.3, 0.4) is 0 Å². The van der Waals surface area contributed by atoms with Crippen LogP contribution in [0, 0.1) is 5.92 Å². The van der Waals surface area contributed by atoms with Crippen molar-refractivity contribution in [2.75, 3.05) is 7.11 Å². The Labute approximate surface area is 152 Å². The van der Waals surface area contributed by atoms with Crippen LogP contribution >= 0.6 is 11.1 Å². The zero-order valence-electron chi connectivity index (χ0n) is 14.1. The van der Waals surface area contributed by atoms with Gasteiger partial charge in [0.05, 0.1) is 24.5 Å². The maximum Gasteiger partial charge on any atom is 0.162 e. The Balaban J connectivity index is 1.49. The van der Waals surface area contributed by atoms with E-state index in [1.165, 1.54) is 0 Å². The molecule has 3 aromatic rings. The first-order valence-corrected chi connectivity index (χ1v) is 9.77. The number of rotatable bonds is 5. The molecule has 0 saturated heterocycles. The highest BCUT2D eigenvalue weighted by Gasteiger charge is 2.40. The summed E-state index contributed by atoms with van der Waals surface area (Å²) >= 11 is -1.06. The minimum absolute atomic E-state index is 0.472. The molecular weight excluding hydrogens is 352 g/mol. The Bertz CT molecular complexity index is 993. The highest BCUT2D eigenvalue weighted by Crippen LogP contribution is 2.55. The summed E-state index contributed by atoms with van der Waals surface area (Å²) in [5, 5.41) is 20.6. The number of nitrogens with zero attached hydrogens (tertiary/aromatic N) is 6. The number of aliphatic hydroxyl groups is 1. The minimum Gasteiger partial charge on any atom is -0.494 e. The van der Waals surface area contributed by atoms with Gasteiger partial charge in [0.25, 0.3) is 0 Å². The normalized spacial score (nSPS) is 21.3. The molecule has 1 saturated carbocycles. The van der Waals surface area contributed by atoms with Crippen LogP contribution in [0.1, 0.15) is 24.0 Å². The third-order valence-electron chi connectivity index (χ3n) is 4.58. The largest absolute Gasteiger partial charge is 0.494 e. The average molecular weight is 370 g/mol. The fourth-order valence-corrected chi connectivity index (χ4v) is 5.53. The molecule has 0 radical (unpaired) electrons. The summed E-state index contributed by atoms with van der Waals surface area (Å²) in [5.74, 6) is 1.98. The van der Waals surface area contributed by atoms with Crippen molar-refractivity contribution in [3.63, 3.8) is 0 Å². The van der Waals surface area contributed by atoms with Gasteiger partial charge in [-0.05, 0) is 25.0 Å². The standard InChI is InChI=1S/C17H18N6O2S/c1-25-14-5-3-2-4-13(14)22-9-12(20-21-22)17(24)26-16(11-6-7-11)19-15-8-18-10-23(15)26/h2-5,8-11,17,24,26H,6-7H2,1H3. The number of methoxy groups -OCH3 is 1. The summed E-state index contributed by atoms with van der Waals surface area (Å²) < 4.78 is 9.00. The molecule has 1 aromatic carbocycles. The second-order valence-corrected chi connectivity index (χ2v) is 8.39. The Hall–Kier alpha value is -2.65. The third kappa shape index (κ3) is 2.43. The molecule has 2 aromatic heterocycles. The number of para-hydroxylation sites is 2. The van der Waals surface area contributed by atoms with Crippen LogP contribution in [0.4, 0.5) is 5.82 Å². The highest BCUT2D eigenvalue weighted by atomic mass is 32.2. The molecular formula is C17H18N6O2S. The fraction of sp³-hybridized carbons (Fsp3) is 0.294. The molecule has 26 heavy (non-hydrogen) atoms. The van der Waals surface area contributed by atoms with Crippen LogP contribution in [0.15, 0.2) is 48.0 Å². The van der Waals surface area contributed by atoms with Gasteiger partial charge in [-0.1, -0.05) is 28.4 Å². The first-order valence-electron chi connectivity index (χ1n) is 8.40. The second-order valence-electron chi connectivity index (χ2n) is 6.32. The SMILES string of the molecule is COc1ccccc1-n1cc(C(O)[SH]2C(C3CC3)=Nc3cncn32)nn1. The van der Waals surface area contributed by atoms with Gasteiger partial charge in [-0.3, -0.25) is 3.97 Å². The van der Waals surface area contributed by atoms with Gasteiger partial charge in [-0.2, -0.15) is 0 Å². The topological polar surface area (TPSA) is 90.3 Å². The number of aliphatic hydroxyl groups excluding tert-OH is 1. The van der Waals surface area contributed by atoms with Crippen molar-refractivity contribution in [3.05, 3.63) is 48.7 Å². The van der Waals surface area contributed by atoms with Crippen molar-refractivity contribution in [1.29, 1.82) is 0 Å². The minimum atomic E-state index is -1.06. The monoisotopic (exact) mass is 370 g/mol. The molecule has 1 fully saturated rings. The van der Waals surface area contributed by atoms with Gasteiger partial charge in [-0.25, -0.2) is 14.7 Å². The Morgan fingerprint density at radius 2 is 2.15 bits per heavy atom. The quantitative estimate of drug-likeness (QED) is 0.673. The molecule has 2 unspecified atom stereocenters. The number of imidazole rings is 1. The first-order chi connectivity index (χ1) is 12.8. The Kier molecular flexibility index (Phi) is 3.57. The number of hydrogen-bond donors (Lipinski definition) is 2. The third-order valence-corrected chi connectivity index (χ3v) is 7.01. The van der Waals surface area contributed by atoms with Gasteiger partial charge >= 0.3 is 0 Å². The van der Waals surface area contributed by atoms with E-state index in [0.717, 1.165) is 29.4 Å². The zero-order valence-corrected chi connectivity index (χ0v) is 15.0. The van der Waals surface area contributed by atoms with E-state index >= 15 is 0 Å². The fourth-order valence-electron chi connectivity index (χ4n) is 3.13. The Morgan fingerprint density at radius 3 is 2.96 bits per heavy atom. The van der Waals surface area contributed by atoms with Crippen molar-refractivity contribution < 1.29 is 9.84 Å². The summed E-state index contributed by atoms with van der Waals surface area (Å²) in [5.41, 5.74) is 0.528. The van der Waals surface area contributed by atoms with E-state index in [1.54, 1.807) is 30.5 Å². The molecule has 5 rings (SSSR count). The van der Waals surface area contributed by atoms with Crippen LogP contribution in [-0.4, -0.2) is 41.2 Å². The smallest absolute Gasteiger partial charge is 0.162 e. The number of aliphatic imine (C=N–C) groups is 1. The van der Waals surface area contributed by atoms with Crippen LogP contribution in [0.25, 0.3) is 5.69 Å². The lowest BCUT2D eigenvalue weighted by Crippen LogP contribution is -2.12. The van der Waals surface area contributed by atoms with Gasteiger partial charge in [0, 0.05) is 5.92 Å². The number of fused-ring (bicyclic) bond motifs is 1. The number of aromatic nitrogens is 5. The van der Waals surface area contributed by atoms with Crippen molar-refractivity contribution in [2.45, 2.75) is 18.3 Å². The summed E-state index contributed by atoms with van der Waals surface area (Å²) in [6.07, 6.45) is 7.51.